The SMILES string of the molecule is Cc1nc(Cl)ccc1NC(=O)Cc1cccc(N)c1. The molecular weight excluding hydrogens is 262 g/mol. The van der Waals surface area contributed by atoms with E-state index in [4.69, 9.17) is 17.3 Å². The number of pyridine rings is 1. The third kappa shape index (κ3) is 3.69. The Morgan fingerprint density at radius 2 is 2.16 bits per heavy atom. The molecule has 2 rings (SSSR count). The number of carbonyl (C=O) groups excluding carboxylic acids is 1. The van der Waals surface area contributed by atoms with Gasteiger partial charge in [0.1, 0.15) is 5.15 Å². The molecule has 1 aromatic heterocycles. The van der Waals surface area contributed by atoms with E-state index in [1.165, 1.54) is 0 Å². The summed E-state index contributed by atoms with van der Waals surface area (Å²) >= 11 is 5.76. The van der Waals surface area contributed by atoms with Gasteiger partial charge >= 0.3 is 0 Å². The molecule has 4 nitrogen and oxygen atoms in total. The summed E-state index contributed by atoms with van der Waals surface area (Å²) in [6, 6.07) is 10.6. The molecule has 0 atom stereocenters. The fourth-order valence-corrected chi connectivity index (χ4v) is 1.94. The average Bonchev–Trinajstić information content (AvgIpc) is 2.33. The largest absolute Gasteiger partial charge is 0.399 e. The van der Waals surface area contributed by atoms with Crippen LogP contribution in [0.1, 0.15) is 11.3 Å². The highest BCUT2D eigenvalue weighted by molar-refractivity contribution is 6.29. The monoisotopic (exact) mass is 275 g/mol. The van der Waals surface area contributed by atoms with Gasteiger partial charge in [-0.2, -0.15) is 0 Å². The molecule has 1 aromatic carbocycles. The second-order valence-electron chi connectivity index (χ2n) is 4.24. The zero-order valence-electron chi connectivity index (χ0n) is 10.5. The number of benzene rings is 1. The summed E-state index contributed by atoms with van der Waals surface area (Å²) in [6.45, 7) is 1.79. The second kappa shape index (κ2) is 5.71. The molecule has 5 heteroatoms. The molecule has 0 aliphatic rings. The van der Waals surface area contributed by atoms with E-state index in [1.807, 2.05) is 12.1 Å². The van der Waals surface area contributed by atoms with Gasteiger partial charge in [-0.1, -0.05) is 23.7 Å². The molecule has 0 aliphatic heterocycles. The Bertz CT molecular complexity index is 613. The number of halogens is 1. The summed E-state index contributed by atoms with van der Waals surface area (Å²) in [4.78, 5) is 16.0. The van der Waals surface area contributed by atoms with Crippen LogP contribution in [0.25, 0.3) is 0 Å². The van der Waals surface area contributed by atoms with Crippen LogP contribution in [0.4, 0.5) is 11.4 Å². The minimum absolute atomic E-state index is 0.113. The van der Waals surface area contributed by atoms with Crippen molar-refractivity contribution in [2.45, 2.75) is 13.3 Å². The van der Waals surface area contributed by atoms with Crippen LogP contribution in [0.2, 0.25) is 5.15 Å². The molecule has 2 aromatic rings. The predicted octanol–water partition coefficient (Wildman–Crippen LogP) is 2.81. The van der Waals surface area contributed by atoms with Crippen molar-refractivity contribution in [3.8, 4) is 0 Å². The van der Waals surface area contributed by atoms with Crippen molar-refractivity contribution in [2.75, 3.05) is 11.1 Å². The van der Waals surface area contributed by atoms with Crippen molar-refractivity contribution >= 4 is 28.9 Å². The van der Waals surface area contributed by atoms with Crippen molar-refractivity contribution in [2.24, 2.45) is 0 Å². The number of hydrogen-bond donors (Lipinski definition) is 2. The summed E-state index contributed by atoms with van der Waals surface area (Å²) < 4.78 is 0. The third-order valence-electron chi connectivity index (χ3n) is 2.64. The van der Waals surface area contributed by atoms with Gasteiger partial charge in [0.15, 0.2) is 0 Å². The molecule has 1 amide bonds. The Kier molecular flexibility index (Phi) is 4.02. The topological polar surface area (TPSA) is 68.0 Å². The number of carbonyl (C=O) groups is 1. The van der Waals surface area contributed by atoms with Crippen LogP contribution in [0.5, 0.6) is 0 Å². The Morgan fingerprint density at radius 3 is 2.84 bits per heavy atom. The second-order valence-corrected chi connectivity index (χ2v) is 4.62. The quantitative estimate of drug-likeness (QED) is 0.668. The van der Waals surface area contributed by atoms with Gasteiger partial charge in [-0.25, -0.2) is 4.98 Å². The number of nitrogens with one attached hydrogen (secondary N) is 1. The van der Waals surface area contributed by atoms with Crippen molar-refractivity contribution in [1.82, 2.24) is 4.98 Å². The highest BCUT2D eigenvalue weighted by Crippen LogP contribution is 2.16. The van der Waals surface area contributed by atoms with Gasteiger partial charge in [-0.3, -0.25) is 4.79 Å². The molecule has 19 heavy (non-hydrogen) atoms. The lowest BCUT2D eigenvalue weighted by Crippen LogP contribution is -2.15. The minimum Gasteiger partial charge on any atom is -0.399 e. The summed E-state index contributed by atoms with van der Waals surface area (Å²) in [5.74, 6) is -0.113. The van der Waals surface area contributed by atoms with Gasteiger partial charge in [0.25, 0.3) is 0 Å². The van der Waals surface area contributed by atoms with Crippen LogP contribution < -0.4 is 11.1 Å². The molecule has 0 saturated heterocycles. The van der Waals surface area contributed by atoms with Crippen molar-refractivity contribution < 1.29 is 4.79 Å². The van der Waals surface area contributed by atoms with Crippen LogP contribution in [0.15, 0.2) is 36.4 Å². The Balaban J connectivity index is 2.05. The first kappa shape index (κ1) is 13.4. The molecule has 0 fully saturated rings. The molecule has 0 unspecified atom stereocenters. The van der Waals surface area contributed by atoms with E-state index < -0.39 is 0 Å². The number of amides is 1. The summed E-state index contributed by atoms with van der Waals surface area (Å²) in [5, 5.41) is 3.21. The fraction of sp³-hybridized carbons (Fsp3) is 0.143. The molecule has 0 saturated carbocycles. The van der Waals surface area contributed by atoms with Crippen molar-refractivity contribution in [3.05, 3.63) is 52.8 Å². The Hall–Kier alpha value is -2.07. The van der Waals surface area contributed by atoms with E-state index in [1.54, 1.807) is 31.2 Å². The number of anilines is 2. The first-order chi connectivity index (χ1) is 9.04. The standard InChI is InChI=1S/C14H14ClN3O/c1-9-12(5-6-13(15)17-9)18-14(19)8-10-3-2-4-11(16)7-10/h2-7H,8,16H2,1H3,(H,18,19). The number of nitrogens with two attached hydrogens (primary N) is 1. The first-order valence-corrected chi connectivity index (χ1v) is 6.20. The molecule has 1 heterocycles. The Morgan fingerprint density at radius 1 is 1.37 bits per heavy atom. The molecule has 98 valence electrons. The van der Waals surface area contributed by atoms with E-state index in [-0.39, 0.29) is 12.3 Å². The van der Waals surface area contributed by atoms with Gasteiger partial charge < -0.3 is 11.1 Å². The maximum atomic E-state index is 11.9. The maximum Gasteiger partial charge on any atom is 0.228 e. The van der Waals surface area contributed by atoms with E-state index in [0.717, 1.165) is 5.56 Å². The van der Waals surface area contributed by atoms with E-state index in [0.29, 0.717) is 22.2 Å². The van der Waals surface area contributed by atoms with Gasteiger partial charge in [0.05, 0.1) is 17.8 Å². The van der Waals surface area contributed by atoms with Crippen molar-refractivity contribution in [1.29, 1.82) is 0 Å². The molecular formula is C14H14ClN3O. The lowest BCUT2D eigenvalue weighted by atomic mass is 10.1. The number of aryl methyl sites for hydroxylation is 1. The lowest BCUT2D eigenvalue weighted by Gasteiger charge is -2.08. The minimum atomic E-state index is -0.113. The van der Waals surface area contributed by atoms with Gasteiger partial charge in [-0.15, -0.1) is 0 Å². The van der Waals surface area contributed by atoms with Crippen LogP contribution in [-0.2, 0) is 11.2 Å². The van der Waals surface area contributed by atoms with Crippen molar-refractivity contribution in [3.63, 3.8) is 0 Å². The number of hydrogen-bond acceptors (Lipinski definition) is 3. The van der Waals surface area contributed by atoms with E-state index >= 15 is 0 Å². The highest BCUT2D eigenvalue weighted by atomic mass is 35.5. The van der Waals surface area contributed by atoms with Crippen LogP contribution in [0.3, 0.4) is 0 Å². The third-order valence-corrected chi connectivity index (χ3v) is 2.85. The number of nitrogens with zero attached hydrogens (tertiary/aromatic N) is 1. The smallest absolute Gasteiger partial charge is 0.228 e. The molecule has 0 radical (unpaired) electrons. The van der Waals surface area contributed by atoms with Crippen LogP contribution in [-0.4, -0.2) is 10.9 Å². The maximum absolute atomic E-state index is 11.9. The number of aromatic nitrogens is 1. The summed E-state index contributed by atoms with van der Waals surface area (Å²) in [7, 11) is 0. The first-order valence-electron chi connectivity index (χ1n) is 5.82. The van der Waals surface area contributed by atoms with Gasteiger partial charge in [0.2, 0.25) is 5.91 Å². The van der Waals surface area contributed by atoms with Crippen LogP contribution in [0, 0.1) is 6.92 Å². The normalized spacial score (nSPS) is 10.2. The summed E-state index contributed by atoms with van der Waals surface area (Å²) in [6.07, 6.45) is 0.271. The molecule has 3 N–H and O–H groups in total. The lowest BCUT2D eigenvalue weighted by molar-refractivity contribution is -0.115. The molecule has 0 aliphatic carbocycles. The zero-order valence-corrected chi connectivity index (χ0v) is 11.2. The fourth-order valence-electron chi connectivity index (χ4n) is 1.75. The molecule has 0 spiro atoms. The van der Waals surface area contributed by atoms with Gasteiger partial charge in [0, 0.05) is 5.69 Å². The zero-order chi connectivity index (χ0) is 13.8. The Labute approximate surface area is 116 Å². The molecule has 0 bridgehead atoms. The van der Waals surface area contributed by atoms with Crippen LogP contribution >= 0.6 is 11.6 Å². The van der Waals surface area contributed by atoms with Gasteiger partial charge in [-0.05, 0) is 36.8 Å². The average molecular weight is 276 g/mol. The number of rotatable bonds is 3. The predicted molar refractivity (Wildman–Crippen MR) is 77.2 cm³/mol. The summed E-state index contributed by atoms with van der Waals surface area (Å²) in [5.41, 5.74) is 8.54. The number of nitrogen functional groups attached to an aromatic ring is 1. The van der Waals surface area contributed by atoms with E-state index in [9.17, 15) is 4.79 Å². The van der Waals surface area contributed by atoms with E-state index in [2.05, 4.69) is 10.3 Å². The highest BCUT2D eigenvalue weighted by Gasteiger charge is 2.07.